The molecule has 2 atom stereocenters. The number of hydrogen-bond donors (Lipinski definition) is 0. The third-order valence-corrected chi connectivity index (χ3v) is 5.35. The molecule has 0 radical (unpaired) electrons. The van der Waals surface area contributed by atoms with E-state index in [0.29, 0.717) is 25.2 Å². The number of rotatable bonds is 4. The third kappa shape index (κ3) is 5.48. The first-order chi connectivity index (χ1) is 14.1. The highest BCUT2D eigenvalue weighted by Gasteiger charge is 2.31. The van der Waals surface area contributed by atoms with Gasteiger partial charge in [0.05, 0.1) is 5.56 Å². The smallest absolute Gasteiger partial charge is 0.334 e. The van der Waals surface area contributed by atoms with E-state index < -0.39 is 11.7 Å². The Labute approximate surface area is 173 Å². The van der Waals surface area contributed by atoms with Crippen LogP contribution in [0.3, 0.4) is 0 Å². The maximum Gasteiger partial charge on any atom is 0.416 e. The van der Waals surface area contributed by atoms with Gasteiger partial charge >= 0.3 is 6.18 Å². The summed E-state index contributed by atoms with van der Waals surface area (Å²) in [5.41, 5.74) is 0.829. The van der Waals surface area contributed by atoms with Crippen molar-refractivity contribution in [2.24, 2.45) is 0 Å². The van der Waals surface area contributed by atoms with E-state index in [0.717, 1.165) is 17.7 Å². The molecule has 1 heterocycles. The molecule has 2 aromatic rings. The molecule has 1 saturated heterocycles. The molecule has 0 aromatic heterocycles. The van der Waals surface area contributed by atoms with Crippen LogP contribution in [0.5, 0.6) is 0 Å². The topological polar surface area (TPSA) is 23.6 Å². The van der Waals surface area contributed by atoms with E-state index in [4.69, 9.17) is 0 Å². The zero-order valence-corrected chi connectivity index (χ0v) is 16.9. The molecule has 7 heteroatoms. The molecule has 0 saturated carbocycles. The van der Waals surface area contributed by atoms with Crippen molar-refractivity contribution in [2.45, 2.75) is 38.7 Å². The van der Waals surface area contributed by atoms with Gasteiger partial charge in [0.15, 0.2) is 0 Å². The Balaban J connectivity index is 1.60. The Kier molecular flexibility index (Phi) is 6.61. The second-order valence-corrected chi connectivity index (χ2v) is 7.70. The Morgan fingerprint density at radius 3 is 2.23 bits per heavy atom. The minimum absolute atomic E-state index is 0.0218. The molecule has 1 fully saturated rings. The summed E-state index contributed by atoms with van der Waals surface area (Å²) in [6.07, 6.45) is -1.44. The van der Waals surface area contributed by atoms with Gasteiger partial charge in [-0.05, 0) is 55.3 Å². The summed E-state index contributed by atoms with van der Waals surface area (Å²) < 4.78 is 51.0. The van der Waals surface area contributed by atoms with Crippen LogP contribution in [0.2, 0.25) is 0 Å². The molecular weight excluding hydrogens is 396 g/mol. The molecular formula is C23H24F4N2O. The monoisotopic (exact) mass is 420 g/mol. The van der Waals surface area contributed by atoms with Crippen molar-refractivity contribution in [3.8, 4) is 0 Å². The number of alkyl halides is 3. The van der Waals surface area contributed by atoms with E-state index >= 15 is 0 Å². The first-order valence-electron chi connectivity index (χ1n) is 9.78. The van der Waals surface area contributed by atoms with Crippen molar-refractivity contribution >= 4 is 12.0 Å². The minimum Gasteiger partial charge on any atom is -0.334 e. The molecule has 3 rings (SSSR count). The lowest BCUT2D eigenvalue weighted by Crippen LogP contribution is -2.57. The van der Waals surface area contributed by atoms with E-state index in [2.05, 4.69) is 4.90 Å². The predicted molar refractivity (Wildman–Crippen MR) is 108 cm³/mol. The van der Waals surface area contributed by atoms with E-state index in [1.165, 1.54) is 36.4 Å². The molecule has 0 unspecified atom stereocenters. The molecule has 0 aliphatic carbocycles. The number of halogens is 4. The van der Waals surface area contributed by atoms with Gasteiger partial charge in [0.25, 0.3) is 0 Å². The highest BCUT2D eigenvalue weighted by atomic mass is 19.4. The molecule has 1 aliphatic heterocycles. The average molecular weight is 420 g/mol. The fourth-order valence-electron chi connectivity index (χ4n) is 3.60. The number of nitrogens with zero attached hydrogens (tertiary/aromatic N) is 2. The highest BCUT2D eigenvalue weighted by molar-refractivity contribution is 5.92. The molecule has 1 amide bonds. The number of hydrogen-bond acceptors (Lipinski definition) is 2. The van der Waals surface area contributed by atoms with Crippen molar-refractivity contribution in [3.63, 3.8) is 0 Å². The molecule has 30 heavy (non-hydrogen) atoms. The van der Waals surface area contributed by atoms with Gasteiger partial charge in [0.2, 0.25) is 5.91 Å². The minimum atomic E-state index is -4.38. The quantitative estimate of drug-likeness (QED) is 0.515. The highest BCUT2D eigenvalue weighted by Crippen LogP contribution is 2.29. The summed E-state index contributed by atoms with van der Waals surface area (Å²) in [6.45, 7) is 5.90. The lowest BCUT2D eigenvalue weighted by atomic mass is 10.1. The van der Waals surface area contributed by atoms with Gasteiger partial charge in [-0.25, -0.2) is 4.39 Å². The summed E-state index contributed by atoms with van der Waals surface area (Å²) in [5, 5.41) is 0. The van der Waals surface area contributed by atoms with E-state index in [9.17, 15) is 22.4 Å². The molecule has 0 bridgehead atoms. The summed E-state index contributed by atoms with van der Waals surface area (Å²) >= 11 is 0. The molecule has 2 aromatic carbocycles. The van der Waals surface area contributed by atoms with Crippen LogP contribution in [-0.4, -0.2) is 40.9 Å². The second kappa shape index (κ2) is 9.00. The average Bonchev–Trinajstić information content (AvgIpc) is 2.70. The maximum atomic E-state index is 13.1. The Morgan fingerprint density at radius 1 is 1.00 bits per heavy atom. The van der Waals surface area contributed by atoms with Crippen LogP contribution in [0, 0.1) is 5.82 Å². The predicted octanol–water partition coefficient (Wildman–Crippen LogP) is 4.98. The van der Waals surface area contributed by atoms with Gasteiger partial charge in [-0.3, -0.25) is 9.69 Å². The largest absolute Gasteiger partial charge is 0.416 e. The van der Waals surface area contributed by atoms with Crippen molar-refractivity contribution in [2.75, 3.05) is 13.1 Å². The number of benzene rings is 2. The van der Waals surface area contributed by atoms with E-state index in [-0.39, 0.29) is 23.8 Å². The SMILES string of the molecule is C[C@@H]1CN(C(=O)/C=C/c2ccc(C(F)(F)F)cc2)[C@@H](C)CN1Cc1ccc(F)cc1. The molecule has 160 valence electrons. The number of amides is 1. The van der Waals surface area contributed by atoms with Crippen molar-refractivity contribution in [1.82, 2.24) is 9.80 Å². The summed E-state index contributed by atoms with van der Waals surface area (Å²) in [7, 11) is 0. The molecule has 0 N–H and O–H groups in total. The van der Waals surface area contributed by atoms with Crippen molar-refractivity contribution in [1.29, 1.82) is 0 Å². The zero-order valence-electron chi connectivity index (χ0n) is 16.9. The lowest BCUT2D eigenvalue weighted by Gasteiger charge is -2.44. The third-order valence-electron chi connectivity index (χ3n) is 5.35. The Bertz CT molecular complexity index is 891. The van der Waals surface area contributed by atoms with Crippen LogP contribution < -0.4 is 0 Å². The van der Waals surface area contributed by atoms with E-state index in [1.807, 2.05) is 13.8 Å². The van der Waals surface area contributed by atoms with E-state index in [1.54, 1.807) is 17.0 Å². The maximum absolute atomic E-state index is 13.1. The van der Waals surface area contributed by atoms with Crippen LogP contribution in [0.4, 0.5) is 17.6 Å². The zero-order chi connectivity index (χ0) is 21.9. The van der Waals surface area contributed by atoms with Gasteiger partial charge in [0.1, 0.15) is 5.82 Å². The number of piperazine rings is 1. The summed E-state index contributed by atoms with van der Waals surface area (Å²) in [4.78, 5) is 16.7. The van der Waals surface area contributed by atoms with Crippen LogP contribution in [0.15, 0.2) is 54.6 Å². The summed E-state index contributed by atoms with van der Waals surface area (Å²) in [5.74, 6) is -0.439. The first-order valence-corrected chi connectivity index (χ1v) is 9.78. The lowest BCUT2D eigenvalue weighted by molar-refractivity contribution is -0.137. The Morgan fingerprint density at radius 2 is 1.63 bits per heavy atom. The fourth-order valence-corrected chi connectivity index (χ4v) is 3.60. The second-order valence-electron chi connectivity index (χ2n) is 7.70. The molecule has 0 spiro atoms. The number of carbonyl (C=O) groups is 1. The normalized spacial score (nSPS) is 20.7. The van der Waals surface area contributed by atoms with Gasteiger partial charge in [-0.2, -0.15) is 13.2 Å². The van der Waals surface area contributed by atoms with Gasteiger partial charge in [-0.1, -0.05) is 24.3 Å². The van der Waals surface area contributed by atoms with Crippen molar-refractivity contribution in [3.05, 3.63) is 77.1 Å². The first kappa shape index (κ1) is 22.0. The summed E-state index contributed by atoms with van der Waals surface area (Å²) in [6, 6.07) is 11.2. The van der Waals surface area contributed by atoms with Crippen LogP contribution in [0.1, 0.15) is 30.5 Å². The van der Waals surface area contributed by atoms with Crippen molar-refractivity contribution < 1.29 is 22.4 Å². The van der Waals surface area contributed by atoms with Crippen LogP contribution >= 0.6 is 0 Å². The number of carbonyl (C=O) groups excluding carboxylic acids is 1. The Hall–Kier alpha value is -2.67. The van der Waals surface area contributed by atoms with Gasteiger partial charge in [0, 0.05) is 37.8 Å². The standard InChI is InChI=1S/C23H24F4N2O/c1-16-14-29(17(2)13-28(16)15-19-5-10-21(24)11-6-19)22(30)12-7-18-3-8-20(9-4-18)23(25,26)27/h3-12,16-17H,13-15H2,1-2H3/b12-7+/t16-,17+/m1/s1. The van der Waals surface area contributed by atoms with Crippen LogP contribution in [-0.2, 0) is 17.5 Å². The van der Waals surface area contributed by atoms with Gasteiger partial charge < -0.3 is 4.90 Å². The molecule has 3 nitrogen and oxygen atoms in total. The fraction of sp³-hybridized carbons (Fsp3) is 0.348. The van der Waals surface area contributed by atoms with Crippen LogP contribution in [0.25, 0.3) is 6.08 Å². The van der Waals surface area contributed by atoms with Gasteiger partial charge in [-0.15, -0.1) is 0 Å². The molecule has 1 aliphatic rings.